The van der Waals surface area contributed by atoms with Crippen molar-refractivity contribution >= 4 is 23.3 Å². The topological polar surface area (TPSA) is 109 Å². The monoisotopic (exact) mass is 472 g/mol. The van der Waals surface area contributed by atoms with E-state index in [1.807, 2.05) is 0 Å². The van der Waals surface area contributed by atoms with E-state index in [2.05, 4.69) is 5.32 Å². The molecule has 178 valence electrons. The molecule has 2 amide bonds. The predicted molar refractivity (Wildman–Crippen MR) is 109 cm³/mol. The van der Waals surface area contributed by atoms with Crippen LogP contribution in [0.25, 0.3) is 0 Å². The summed E-state index contributed by atoms with van der Waals surface area (Å²) in [6.45, 7) is -1.08. The summed E-state index contributed by atoms with van der Waals surface area (Å²) < 4.78 is 73.0. The van der Waals surface area contributed by atoms with E-state index in [0.717, 1.165) is 14.0 Å². The average molecular weight is 472 g/mol. The number of alkyl halides is 3. The van der Waals surface area contributed by atoms with Crippen LogP contribution in [0.1, 0.15) is 29.7 Å². The van der Waals surface area contributed by atoms with E-state index in [1.54, 1.807) is 12.1 Å². The molecule has 2 rings (SSSR count). The molecule has 0 fully saturated rings. The summed E-state index contributed by atoms with van der Waals surface area (Å²) in [5, 5.41) is 9.77. The lowest BCUT2D eigenvalue weighted by Crippen LogP contribution is -2.38. The van der Waals surface area contributed by atoms with Crippen molar-refractivity contribution in [2.75, 3.05) is 18.6 Å². The molecular weight excluding hydrogens is 451 g/mol. The number of benzene rings is 2. The van der Waals surface area contributed by atoms with Crippen molar-refractivity contribution in [1.29, 1.82) is 5.41 Å². The van der Waals surface area contributed by atoms with Crippen molar-refractivity contribution in [2.45, 2.75) is 25.7 Å². The van der Waals surface area contributed by atoms with Gasteiger partial charge in [-0.3, -0.25) is 15.0 Å². The molecule has 1 unspecified atom stereocenters. The highest BCUT2D eigenvalue weighted by Crippen LogP contribution is 2.32. The molecule has 2 aromatic carbocycles. The minimum Gasteiger partial charge on any atom is -0.384 e. The molecule has 0 bridgehead atoms. The van der Waals surface area contributed by atoms with Gasteiger partial charge in [-0.15, -0.1) is 0 Å². The highest BCUT2D eigenvalue weighted by molar-refractivity contribution is 5.95. The maximum absolute atomic E-state index is 15.1. The Kier molecular flexibility index (Phi) is 8.09. The number of rotatable bonds is 8. The SMILES string of the molecule is COC(C(=O)NCc1ccc(C(=N)N)cc1)c1c(F)ccc(N(CC(F)(F)F)C(C)=O)c1F. The van der Waals surface area contributed by atoms with Crippen LogP contribution in [0.15, 0.2) is 36.4 Å². The van der Waals surface area contributed by atoms with Gasteiger partial charge in [0.05, 0.1) is 11.3 Å². The summed E-state index contributed by atoms with van der Waals surface area (Å²) in [5.41, 5.74) is 4.61. The molecule has 0 aliphatic rings. The molecule has 1 atom stereocenters. The fraction of sp³-hybridized carbons (Fsp3) is 0.286. The third kappa shape index (κ3) is 6.48. The average Bonchev–Trinajstić information content (AvgIpc) is 2.73. The Labute approximate surface area is 185 Å². The molecule has 7 nitrogen and oxygen atoms in total. The van der Waals surface area contributed by atoms with Crippen LogP contribution in [-0.2, 0) is 20.9 Å². The number of ether oxygens (including phenoxy) is 1. The number of anilines is 1. The second-order valence-electron chi connectivity index (χ2n) is 6.96. The second kappa shape index (κ2) is 10.4. The van der Waals surface area contributed by atoms with E-state index in [0.29, 0.717) is 23.3 Å². The molecule has 0 spiro atoms. The lowest BCUT2D eigenvalue weighted by atomic mass is 10.0. The van der Waals surface area contributed by atoms with E-state index in [1.165, 1.54) is 12.1 Å². The van der Waals surface area contributed by atoms with Gasteiger partial charge in [-0.05, 0) is 17.7 Å². The summed E-state index contributed by atoms with van der Waals surface area (Å²) in [6.07, 6.45) is -6.69. The maximum Gasteiger partial charge on any atom is 0.406 e. The normalized spacial score (nSPS) is 12.2. The molecule has 12 heteroatoms. The Bertz CT molecular complexity index is 1040. The summed E-state index contributed by atoms with van der Waals surface area (Å²) in [6, 6.07) is 7.56. The highest BCUT2D eigenvalue weighted by atomic mass is 19.4. The lowest BCUT2D eigenvalue weighted by Gasteiger charge is -2.25. The minimum atomic E-state index is -4.84. The largest absolute Gasteiger partial charge is 0.406 e. The van der Waals surface area contributed by atoms with Gasteiger partial charge in [0.15, 0.2) is 11.9 Å². The highest BCUT2D eigenvalue weighted by Gasteiger charge is 2.36. The van der Waals surface area contributed by atoms with Crippen molar-refractivity contribution in [3.63, 3.8) is 0 Å². The zero-order chi connectivity index (χ0) is 24.9. The van der Waals surface area contributed by atoms with E-state index in [9.17, 15) is 27.2 Å². The van der Waals surface area contributed by atoms with Crippen molar-refractivity contribution in [1.82, 2.24) is 5.32 Å². The molecule has 0 radical (unpaired) electrons. The number of hydrogen-bond donors (Lipinski definition) is 3. The van der Waals surface area contributed by atoms with Gasteiger partial charge in [-0.25, -0.2) is 8.78 Å². The number of nitrogens with zero attached hydrogens (tertiary/aromatic N) is 1. The number of nitrogen functional groups attached to an aromatic ring is 1. The summed E-state index contributed by atoms with van der Waals surface area (Å²) in [7, 11) is 0.996. The molecular formula is C21H21F5N4O3. The third-order valence-electron chi connectivity index (χ3n) is 4.58. The van der Waals surface area contributed by atoms with Gasteiger partial charge in [0.25, 0.3) is 5.91 Å². The molecule has 2 aromatic rings. The molecule has 33 heavy (non-hydrogen) atoms. The number of hydrogen-bond acceptors (Lipinski definition) is 4. The van der Waals surface area contributed by atoms with Crippen LogP contribution in [-0.4, -0.2) is 37.5 Å². The van der Waals surface area contributed by atoms with Gasteiger partial charge < -0.3 is 20.7 Å². The number of nitrogens with one attached hydrogen (secondary N) is 2. The Hall–Kier alpha value is -3.54. The number of methoxy groups -OCH3 is 1. The van der Waals surface area contributed by atoms with Crippen LogP contribution in [0.5, 0.6) is 0 Å². The first kappa shape index (κ1) is 25.7. The quantitative estimate of drug-likeness (QED) is 0.312. The van der Waals surface area contributed by atoms with E-state index in [-0.39, 0.29) is 17.3 Å². The van der Waals surface area contributed by atoms with Crippen LogP contribution >= 0.6 is 0 Å². The van der Waals surface area contributed by atoms with Crippen molar-refractivity contribution in [3.05, 3.63) is 64.7 Å². The van der Waals surface area contributed by atoms with Gasteiger partial charge in [-0.2, -0.15) is 13.2 Å². The number of nitrogens with two attached hydrogens (primary N) is 1. The van der Waals surface area contributed by atoms with Crippen molar-refractivity contribution in [3.8, 4) is 0 Å². The van der Waals surface area contributed by atoms with Gasteiger partial charge in [-0.1, -0.05) is 24.3 Å². The molecule has 4 N–H and O–H groups in total. The molecule has 0 aliphatic carbocycles. The molecule has 0 aromatic heterocycles. The summed E-state index contributed by atoms with van der Waals surface area (Å²) >= 11 is 0. The molecule has 0 heterocycles. The van der Waals surface area contributed by atoms with Crippen LogP contribution in [0, 0.1) is 17.0 Å². The van der Waals surface area contributed by atoms with Gasteiger partial charge in [0.2, 0.25) is 5.91 Å². The van der Waals surface area contributed by atoms with Crippen LogP contribution in [0.2, 0.25) is 0 Å². The van der Waals surface area contributed by atoms with Crippen LogP contribution in [0.3, 0.4) is 0 Å². The minimum absolute atomic E-state index is 0.0759. The number of amides is 2. The Morgan fingerprint density at radius 3 is 2.24 bits per heavy atom. The molecule has 0 saturated heterocycles. The fourth-order valence-electron chi connectivity index (χ4n) is 2.99. The molecule has 0 saturated carbocycles. The van der Waals surface area contributed by atoms with E-state index >= 15 is 4.39 Å². The summed E-state index contributed by atoms with van der Waals surface area (Å²) in [5.74, 6) is -5.01. The van der Waals surface area contributed by atoms with E-state index in [4.69, 9.17) is 15.9 Å². The van der Waals surface area contributed by atoms with E-state index < -0.39 is 53.5 Å². The number of amidine groups is 1. The first-order valence-corrected chi connectivity index (χ1v) is 9.42. The summed E-state index contributed by atoms with van der Waals surface area (Å²) in [4.78, 5) is 24.4. The zero-order valence-electron chi connectivity index (χ0n) is 17.6. The Morgan fingerprint density at radius 1 is 1.15 bits per heavy atom. The van der Waals surface area contributed by atoms with Crippen molar-refractivity contribution in [2.24, 2.45) is 5.73 Å². The lowest BCUT2D eigenvalue weighted by molar-refractivity contribution is -0.132. The first-order valence-electron chi connectivity index (χ1n) is 9.42. The third-order valence-corrected chi connectivity index (χ3v) is 4.58. The fourth-order valence-corrected chi connectivity index (χ4v) is 2.99. The number of halogens is 5. The van der Waals surface area contributed by atoms with Gasteiger partial charge >= 0.3 is 6.18 Å². The first-order chi connectivity index (χ1) is 15.4. The van der Waals surface area contributed by atoms with Crippen LogP contribution in [0.4, 0.5) is 27.6 Å². The standard InChI is InChI=1S/C21H21F5N4O3/c1-11(31)30(10-21(24,25)26)15-8-7-14(22)16(17(15)23)18(33-2)20(32)29-9-12-3-5-13(6-4-12)19(27)28/h3-8,18H,9-10H2,1-2H3,(H3,27,28)(H,29,32). The van der Waals surface area contributed by atoms with Gasteiger partial charge in [0.1, 0.15) is 18.2 Å². The Morgan fingerprint density at radius 2 is 1.76 bits per heavy atom. The molecule has 0 aliphatic heterocycles. The predicted octanol–water partition coefficient (Wildman–Crippen LogP) is 3.17. The zero-order valence-corrected chi connectivity index (χ0v) is 17.6. The van der Waals surface area contributed by atoms with Crippen LogP contribution < -0.4 is 16.0 Å². The van der Waals surface area contributed by atoms with Crippen molar-refractivity contribution < 1.29 is 36.3 Å². The number of carbonyl (C=O) groups excluding carboxylic acids is 2. The second-order valence-corrected chi connectivity index (χ2v) is 6.96. The Balaban J connectivity index is 2.32. The number of carbonyl (C=O) groups is 2. The maximum atomic E-state index is 15.1. The smallest absolute Gasteiger partial charge is 0.384 e. The van der Waals surface area contributed by atoms with Gasteiger partial charge in [0, 0.05) is 26.1 Å².